The lowest BCUT2D eigenvalue weighted by Crippen LogP contribution is -2.31. The molecule has 2 aromatic carbocycles. The quantitative estimate of drug-likeness (QED) is 0.524. The summed E-state index contributed by atoms with van der Waals surface area (Å²) in [6.45, 7) is 0.382. The number of carbonyl (C=O) groups is 2. The Morgan fingerprint density at radius 3 is 2.41 bits per heavy atom. The molecule has 0 aliphatic rings. The molecule has 1 heterocycles. The molecule has 4 N–H and O–H groups in total. The normalized spacial score (nSPS) is 10.7. The standard InChI is InChI=1S/C19H18ClN5O3S/c20-14-3-1-2-4-15(14)29-11-17(26)25(10-16-23-24-19(22)28-16)9-12-5-7-13(8-6-12)18(21)27/h1-8H,9-11H2,(H2,21,27)(H2,22,24). The zero-order valence-electron chi connectivity index (χ0n) is 15.2. The van der Waals surface area contributed by atoms with Gasteiger partial charge in [-0.05, 0) is 29.8 Å². The van der Waals surface area contributed by atoms with E-state index in [1.165, 1.54) is 11.8 Å². The van der Waals surface area contributed by atoms with Crippen LogP contribution in [-0.2, 0) is 17.9 Å². The fourth-order valence-corrected chi connectivity index (χ4v) is 3.66. The van der Waals surface area contributed by atoms with E-state index in [-0.39, 0.29) is 36.7 Å². The van der Waals surface area contributed by atoms with Gasteiger partial charge in [0.25, 0.3) is 0 Å². The molecule has 10 heteroatoms. The number of rotatable bonds is 8. The van der Waals surface area contributed by atoms with Gasteiger partial charge in [0, 0.05) is 17.0 Å². The van der Waals surface area contributed by atoms with Crippen molar-refractivity contribution in [3.8, 4) is 0 Å². The van der Waals surface area contributed by atoms with Crippen LogP contribution in [0.25, 0.3) is 0 Å². The molecule has 0 bridgehead atoms. The molecule has 0 saturated carbocycles. The van der Waals surface area contributed by atoms with Gasteiger partial charge >= 0.3 is 6.01 Å². The zero-order valence-corrected chi connectivity index (χ0v) is 16.8. The first kappa shape index (κ1) is 20.7. The van der Waals surface area contributed by atoms with Gasteiger partial charge in [0.05, 0.1) is 17.3 Å². The summed E-state index contributed by atoms with van der Waals surface area (Å²) in [5.41, 5.74) is 12.0. The number of nitrogens with zero attached hydrogens (tertiary/aromatic N) is 3. The van der Waals surface area contributed by atoms with Gasteiger partial charge in [-0.2, -0.15) is 0 Å². The molecular weight excluding hydrogens is 414 g/mol. The van der Waals surface area contributed by atoms with E-state index in [4.69, 9.17) is 27.5 Å². The Hall–Kier alpha value is -3.04. The molecule has 150 valence electrons. The molecule has 0 unspecified atom stereocenters. The lowest BCUT2D eigenvalue weighted by Gasteiger charge is -2.21. The summed E-state index contributed by atoms with van der Waals surface area (Å²) in [7, 11) is 0. The highest BCUT2D eigenvalue weighted by Crippen LogP contribution is 2.27. The molecule has 3 aromatic rings. The van der Waals surface area contributed by atoms with Gasteiger partial charge in [-0.15, -0.1) is 16.9 Å². The van der Waals surface area contributed by atoms with Crippen LogP contribution in [0, 0.1) is 0 Å². The molecule has 1 aromatic heterocycles. The lowest BCUT2D eigenvalue weighted by atomic mass is 10.1. The maximum Gasteiger partial charge on any atom is 0.312 e. The molecule has 0 fully saturated rings. The fourth-order valence-electron chi connectivity index (χ4n) is 2.51. The van der Waals surface area contributed by atoms with Gasteiger partial charge in [-0.3, -0.25) is 9.59 Å². The molecular formula is C19H18ClN5O3S. The molecule has 8 nitrogen and oxygen atoms in total. The SMILES string of the molecule is NC(=O)c1ccc(CN(Cc2nnc(N)o2)C(=O)CSc2ccccc2Cl)cc1. The molecule has 0 aliphatic heterocycles. The summed E-state index contributed by atoms with van der Waals surface area (Å²) in [5.74, 6) is -0.257. The number of nitrogens with two attached hydrogens (primary N) is 2. The maximum atomic E-state index is 12.9. The Morgan fingerprint density at radius 1 is 1.07 bits per heavy atom. The Bertz CT molecular complexity index is 1010. The second-order valence-corrected chi connectivity index (χ2v) is 7.49. The van der Waals surface area contributed by atoms with E-state index >= 15 is 0 Å². The molecule has 0 atom stereocenters. The third-order valence-corrected chi connectivity index (χ3v) is 5.46. The summed E-state index contributed by atoms with van der Waals surface area (Å²) < 4.78 is 5.21. The number of amides is 2. The molecule has 0 spiro atoms. The number of hydrogen-bond acceptors (Lipinski definition) is 7. The monoisotopic (exact) mass is 431 g/mol. The van der Waals surface area contributed by atoms with Gasteiger partial charge in [0.1, 0.15) is 0 Å². The van der Waals surface area contributed by atoms with Gasteiger partial charge in [0.15, 0.2) is 0 Å². The number of anilines is 1. The number of halogens is 1. The maximum absolute atomic E-state index is 12.9. The van der Waals surface area contributed by atoms with E-state index in [2.05, 4.69) is 10.2 Å². The number of carbonyl (C=O) groups excluding carboxylic acids is 2. The average molecular weight is 432 g/mol. The first-order valence-electron chi connectivity index (χ1n) is 8.54. The average Bonchev–Trinajstić information content (AvgIpc) is 3.11. The largest absolute Gasteiger partial charge is 0.406 e. The minimum atomic E-state index is -0.512. The Kier molecular flexibility index (Phi) is 6.73. The minimum absolute atomic E-state index is 0.0661. The Balaban J connectivity index is 1.73. The highest BCUT2D eigenvalue weighted by Gasteiger charge is 2.19. The van der Waals surface area contributed by atoms with E-state index in [1.807, 2.05) is 18.2 Å². The van der Waals surface area contributed by atoms with Gasteiger partial charge < -0.3 is 20.8 Å². The van der Waals surface area contributed by atoms with E-state index in [9.17, 15) is 9.59 Å². The zero-order chi connectivity index (χ0) is 20.8. The molecule has 2 amide bonds. The van der Waals surface area contributed by atoms with Crippen LogP contribution in [-0.4, -0.2) is 32.7 Å². The fraction of sp³-hybridized carbons (Fsp3) is 0.158. The number of hydrogen-bond donors (Lipinski definition) is 2. The van der Waals surface area contributed by atoms with Crippen molar-refractivity contribution in [2.24, 2.45) is 5.73 Å². The Morgan fingerprint density at radius 2 is 1.79 bits per heavy atom. The van der Waals surface area contributed by atoms with Crippen molar-refractivity contribution in [2.45, 2.75) is 18.0 Å². The molecule has 0 aliphatic carbocycles. The highest BCUT2D eigenvalue weighted by atomic mass is 35.5. The van der Waals surface area contributed by atoms with Crippen LogP contribution < -0.4 is 11.5 Å². The van der Waals surface area contributed by atoms with Crippen LogP contribution in [0.3, 0.4) is 0 Å². The Labute approximate surface area is 176 Å². The number of nitrogen functional groups attached to an aromatic ring is 1. The van der Waals surface area contributed by atoms with Crippen LogP contribution in [0.2, 0.25) is 5.02 Å². The van der Waals surface area contributed by atoms with E-state index in [0.717, 1.165) is 10.5 Å². The number of primary amides is 1. The van der Waals surface area contributed by atoms with E-state index in [0.29, 0.717) is 10.6 Å². The van der Waals surface area contributed by atoms with Gasteiger partial charge in [-0.1, -0.05) is 41.0 Å². The van der Waals surface area contributed by atoms with Crippen molar-refractivity contribution < 1.29 is 14.0 Å². The number of benzene rings is 2. The second-order valence-electron chi connectivity index (χ2n) is 6.06. The van der Waals surface area contributed by atoms with Crippen LogP contribution in [0.4, 0.5) is 6.01 Å². The summed E-state index contributed by atoms with van der Waals surface area (Å²) >= 11 is 7.50. The van der Waals surface area contributed by atoms with Crippen LogP contribution in [0.1, 0.15) is 21.8 Å². The van der Waals surface area contributed by atoms with Gasteiger partial charge in [0.2, 0.25) is 17.7 Å². The van der Waals surface area contributed by atoms with Crippen molar-refractivity contribution in [3.05, 3.63) is 70.6 Å². The van der Waals surface area contributed by atoms with Crippen LogP contribution in [0.5, 0.6) is 0 Å². The first-order valence-corrected chi connectivity index (χ1v) is 9.90. The molecule has 29 heavy (non-hydrogen) atoms. The summed E-state index contributed by atoms with van der Waals surface area (Å²) in [4.78, 5) is 26.5. The smallest absolute Gasteiger partial charge is 0.312 e. The van der Waals surface area contributed by atoms with Crippen molar-refractivity contribution >= 4 is 41.2 Å². The van der Waals surface area contributed by atoms with Crippen LogP contribution >= 0.6 is 23.4 Å². The summed E-state index contributed by atoms with van der Waals surface area (Å²) in [6.07, 6.45) is 0. The summed E-state index contributed by atoms with van der Waals surface area (Å²) in [6, 6.07) is 14.0. The summed E-state index contributed by atoms with van der Waals surface area (Å²) in [5, 5.41) is 8.03. The molecule has 0 radical (unpaired) electrons. The first-order chi connectivity index (χ1) is 13.9. The third kappa shape index (κ3) is 5.72. The predicted molar refractivity (Wildman–Crippen MR) is 110 cm³/mol. The molecule has 0 saturated heterocycles. The van der Waals surface area contributed by atoms with E-state index < -0.39 is 5.91 Å². The topological polar surface area (TPSA) is 128 Å². The van der Waals surface area contributed by atoms with Crippen molar-refractivity contribution in [3.63, 3.8) is 0 Å². The molecule has 3 rings (SSSR count). The number of thioether (sulfide) groups is 1. The lowest BCUT2D eigenvalue weighted by molar-refractivity contribution is -0.129. The highest BCUT2D eigenvalue weighted by molar-refractivity contribution is 8.00. The van der Waals surface area contributed by atoms with Crippen molar-refractivity contribution in [1.29, 1.82) is 0 Å². The van der Waals surface area contributed by atoms with Crippen molar-refractivity contribution in [2.75, 3.05) is 11.5 Å². The second kappa shape index (κ2) is 9.44. The minimum Gasteiger partial charge on any atom is -0.406 e. The predicted octanol–water partition coefficient (Wildman–Crippen LogP) is 2.73. The van der Waals surface area contributed by atoms with Crippen molar-refractivity contribution in [1.82, 2.24) is 15.1 Å². The van der Waals surface area contributed by atoms with Gasteiger partial charge in [-0.25, -0.2) is 0 Å². The number of aromatic nitrogens is 2. The van der Waals surface area contributed by atoms with E-state index in [1.54, 1.807) is 35.2 Å². The van der Waals surface area contributed by atoms with Crippen LogP contribution in [0.15, 0.2) is 57.8 Å². The third-order valence-electron chi connectivity index (χ3n) is 3.96.